The first-order chi connectivity index (χ1) is 21.7. The van der Waals surface area contributed by atoms with Crippen molar-refractivity contribution in [2.75, 3.05) is 16.8 Å². The van der Waals surface area contributed by atoms with Crippen LogP contribution >= 0.6 is 11.6 Å². The van der Waals surface area contributed by atoms with Crippen molar-refractivity contribution in [3.05, 3.63) is 76.7 Å². The third-order valence-electron chi connectivity index (χ3n) is 8.27. The third kappa shape index (κ3) is 5.69. The lowest BCUT2D eigenvalue weighted by atomic mass is 10.0. The molecule has 0 spiro atoms. The first-order valence-corrected chi connectivity index (χ1v) is 14.5. The standard InChI is InChI=1S/C29H26ClF6N9O/c1-4-20-8-22(24-43(3)25(46)21-12-37-26(30)41-23(21)45(20)24)44(27-38-9-16(10-39-27)17-11-40-42(2)14-17)13-15-5-18(28(31,32)33)7-19(6-15)29(34,35)36/h5-7,9-12,14,20,22,24H,4,8,13H2,1-3H3/t20-,22+,24?/m1/s1. The number of halogens is 7. The molecule has 2 aliphatic heterocycles. The minimum Gasteiger partial charge on any atom is -0.330 e. The highest BCUT2D eigenvalue weighted by Crippen LogP contribution is 2.43. The molecule has 1 saturated heterocycles. The van der Waals surface area contributed by atoms with E-state index >= 15 is 0 Å². The van der Waals surface area contributed by atoms with Crippen molar-refractivity contribution in [1.29, 1.82) is 0 Å². The number of benzene rings is 1. The van der Waals surface area contributed by atoms with Crippen molar-refractivity contribution in [2.24, 2.45) is 7.05 Å². The Morgan fingerprint density at radius 1 is 0.935 bits per heavy atom. The second kappa shape index (κ2) is 11.4. The van der Waals surface area contributed by atoms with Gasteiger partial charge in [0.25, 0.3) is 5.91 Å². The van der Waals surface area contributed by atoms with Crippen LogP contribution in [0.15, 0.2) is 49.2 Å². The van der Waals surface area contributed by atoms with Crippen molar-refractivity contribution in [2.45, 2.75) is 56.9 Å². The van der Waals surface area contributed by atoms with Gasteiger partial charge in [0.15, 0.2) is 0 Å². The maximum atomic E-state index is 13.8. The summed E-state index contributed by atoms with van der Waals surface area (Å²) in [5, 5.41) is 4.05. The predicted molar refractivity (Wildman–Crippen MR) is 155 cm³/mol. The summed E-state index contributed by atoms with van der Waals surface area (Å²) >= 11 is 6.12. The summed E-state index contributed by atoms with van der Waals surface area (Å²) in [7, 11) is 3.30. The number of likely N-dealkylation sites (N-methyl/N-ethyl adjacent to an activating group) is 1. The molecule has 4 aromatic rings. The highest BCUT2D eigenvalue weighted by Gasteiger charge is 2.52. The van der Waals surface area contributed by atoms with Crippen LogP contribution in [0.5, 0.6) is 0 Å². The molecule has 2 aliphatic rings. The fourth-order valence-corrected chi connectivity index (χ4v) is 6.28. The number of rotatable bonds is 6. The number of amides is 1. The fraction of sp³-hybridized carbons (Fsp3) is 0.379. The number of hydrogen-bond acceptors (Lipinski definition) is 8. The van der Waals surface area contributed by atoms with Crippen LogP contribution in [-0.2, 0) is 25.9 Å². The van der Waals surface area contributed by atoms with Gasteiger partial charge < -0.3 is 14.7 Å². The summed E-state index contributed by atoms with van der Waals surface area (Å²) in [6, 6.07) is 0.544. The number of nitrogens with zero attached hydrogens (tertiary/aromatic N) is 9. The van der Waals surface area contributed by atoms with Gasteiger partial charge in [0.2, 0.25) is 11.2 Å². The second-order valence-electron chi connectivity index (χ2n) is 11.2. The molecule has 6 rings (SSSR count). The summed E-state index contributed by atoms with van der Waals surface area (Å²) in [6.07, 6.45) is -2.20. The summed E-state index contributed by atoms with van der Waals surface area (Å²) in [4.78, 5) is 35.7. The van der Waals surface area contributed by atoms with E-state index in [4.69, 9.17) is 11.6 Å². The average molecular weight is 666 g/mol. The molecule has 0 aliphatic carbocycles. The fourth-order valence-electron chi connectivity index (χ4n) is 6.15. The largest absolute Gasteiger partial charge is 0.416 e. The monoisotopic (exact) mass is 665 g/mol. The van der Waals surface area contributed by atoms with Gasteiger partial charge in [-0.2, -0.15) is 36.4 Å². The number of fused-ring (bicyclic) bond motifs is 3. The lowest BCUT2D eigenvalue weighted by molar-refractivity contribution is -0.143. The average Bonchev–Trinajstić information content (AvgIpc) is 3.61. The topological polar surface area (TPSA) is 96.2 Å². The van der Waals surface area contributed by atoms with Crippen LogP contribution in [0.4, 0.5) is 38.1 Å². The molecule has 10 nitrogen and oxygen atoms in total. The third-order valence-corrected chi connectivity index (χ3v) is 8.45. The van der Waals surface area contributed by atoms with E-state index in [2.05, 4.69) is 25.0 Å². The number of carbonyl (C=O) groups excluding carboxylic acids is 1. The van der Waals surface area contributed by atoms with Gasteiger partial charge in [0, 0.05) is 62.6 Å². The van der Waals surface area contributed by atoms with Crippen LogP contribution in [-0.4, -0.2) is 65.8 Å². The molecular weight excluding hydrogens is 640 g/mol. The summed E-state index contributed by atoms with van der Waals surface area (Å²) in [5.41, 5.74) is -1.61. The van der Waals surface area contributed by atoms with E-state index in [9.17, 15) is 31.1 Å². The van der Waals surface area contributed by atoms with Gasteiger partial charge in [0.05, 0.1) is 23.4 Å². The molecule has 3 atom stereocenters. The molecular formula is C29H26ClF6N9O. The first kappa shape index (κ1) is 31.5. The summed E-state index contributed by atoms with van der Waals surface area (Å²) in [5.74, 6) is -0.0674. The predicted octanol–water partition coefficient (Wildman–Crippen LogP) is 5.83. The number of aryl methyl sites for hydroxylation is 1. The van der Waals surface area contributed by atoms with Crippen molar-refractivity contribution < 1.29 is 31.1 Å². The molecule has 1 unspecified atom stereocenters. The van der Waals surface area contributed by atoms with Crippen molar-refractivity contribution in [3.8, 4) is 11.1 Å². The number of anilines is 2. The molecule has 5 heterocycles. The molecule has 17 heteroatoms. The minimum absolute atomic E-state index is 0.0488. The lowest BCUT2D eigenvalue weighted by Gasteiger charge is -2.44. The smallest absolute Gasteiger partial charge is 0.330 e. The van der Waals surface area contributed by atoms with Crippen molar-refractivity contribution >= 4 is 29.3 Å². The Bertz CT molecular complexity index is 1750. The molecule has 1 aromatic carbocycles. The lowest BCUT2D eigenvalue weighted by Crippen LogP contribution is -2.59. The molecule has 242 valence electrons. The highest BCUT2D eigenvalue weighted by molar-refractivity contribution is 6.28. The van der Waals surface area contributed by atoms with E-state index in [0.717, 1.165) is 0 Å². The zero-order valence-corrected chi connectivity index (χ0v) is 25.3. The number of hydrogen-bond donors (Lipinski definition) is 0. The van der Waals surface area contributed by atoms with E-state index in [1.165, 1.54) is 23.5 Å². The van der Waals surface area contributed by atoms with Crippen LogP contribution in [0.2, 0.25) is 5.28 Å². The Morgan fingerprint density at radius 3 is 2.15 bits per heavy atom. The quantitative estimate of drug-likeness (QED) is 0.188. The van der Waals surface area contributed by atoms with Gasteiger partial charge in [-0.3, -0.25) is 9.48 Å². The van der Waals surface area contributed by atoms with Crippen molar-refractivity contribution in [1.82, 2.24) is 34.6 Å². The van der Waals surface area contributed by atoms with Crippen LogP contribution in [0, 0.1) is 0 Å². The molecule has 0 radical (unpaired) electrons. The Balaban J connectivity index is 1.48. The molecule has 3 aromatic heterocycles. The van der Waals surface area contributed by atoms with Crippen LogP contribution < -0.4 is 9.80 Å². The maximum Gasteiger partial charge on any atom is 0.416 e. The van der Waals surface area contributed by atoms with Crippen LogP contribution in [0.1, 0.15) is 46.8 Å². The van der Waals surface area contributed by atoms with E-state index in [1.807, 2.05) is 11.8 Å². The number of carbonyl (C=O) groups is 1. The Hall–Kier alpha value is -4.47. The molecule has 1 fully saturated rings. The Morgan fingerprint density at radius 2 is 1.59 bits per heavy atom. The van der Waals surface area contributed by atoms with Crippen LogP contribution in [0.25, 0.3) is 11.1 Å². The zero-order chi connectivity index (χ0) is 33.1. The SMILES string of the molecule is CC[C@@H]1C[C@H](N(Cc2cc(C(F)(F)F)cc(C(F)(F)F)c2)c2ncc(-c3cnn(C)c3)cn2)C2N(C)C(=O)c3cnc(Cl)nc3N21. The Labute approximate surface area is 263 Å². The summed E-state index contributed by atoms with van der Waals surface area (Å²) in [6.45, 7) is 1.50. The van der Waals surface area contributed by atoms with Gasteiger partial charge in [0.1, 0.15) is 17.5 Å². The molecule has 0 saturated carbocycles. The van der Waals surface area contributed by atoms with Gasteiger partial charge in [-0.25, -0.2) is 15.0 Å². The number of alkyl halides is 6. The van der Waals surface area contributed by atoms with Gasteiger partial charge in [-0.15, -0.1) is 0 Å². The normalized spacial score (nSPS) is 19.8. The number of aromatic nitrogens is 6. The highest BCUT2D eigenvalue weighted by atomic mass is 35.5. The van der Waals surface area contributed by atoms with E-state index in [-0.39, 0.29) is 34.5 Å². The summed E-state index contributed by atoms with van der Waals surface area (Å²) < 4.78 is 84.4. The van der Waals surface area contributed by atoms with E-state index in [0.29, 0.717) is 41.9 Å². The van der Waals surface area contributed by atoms with Gasteiger partial charge in [-0.1, -0.05) is 6.92 Å². The minimum atomic E-state index is -5.03. The van der Waals surface area contributed by atoms with Crippen molar-refractivity contribution in [3.63, 3.8) is 0 Å². The molecule has 0 bridgehead atoms. The van der Waals surface area contributed by atoms with E-state index in [1.54, 1.807) is 36.1 Å². The second-order valence-corrected chi connectivity index (χ2v) is 11.5. The Kier molecular flexibility index (Phi) is 7.81. The van der Waals surface area contributed by atoms with Crippen LogP contribution in [0.3, 0.4) is 0 Å². The first-order valence-electron chi connectivity index (χ1n) is 14.1. The van der Waals surface area contributed by atoms with Gasteiger partial charge >= 0.3 is 12.4 Å². The zero-order valence-electron chi connectivity index (χ0n) is 24.6. The molecule has 46 heavy (non-hydrogen) atoms. The maximum absolute atomic E-state index is 13.8. The molecule has 0 N–H and O–H groups in total. The van der Waals surface area contributed by atoms with Gasteiger partial charge in [-0.05, 0) is 48.2 Å². The molecule has 1 amide bonds. The van der Waals surface area contributed by atoms with E-state index < -0.39 is 48.1 Å².